The van der Waals surface area contributed by atoms with Crippen LogP contribution in [0.4, 0.5) is 4.79 Å². The Morgan fingerprint density at radius 3 is 2.20 bits per heavy atom. The summed E-state index contributed by atoms with van der Waals surface area (Å²) in [5.74, 6) is 0.0666. The second-order valence-corrected chi connectivity index (χ2v) is 7.69. The zero-order chi connectivity index (χ0) is 17.6. The lowest BCUT2D eigenvalue weighted by molar-refractivity contribution is 0.0921. The van der Waals surface area contributed by atoms with E-state index in [1.807, 2.05) is 38.1 Å². The summed E-state index contributed by atoms with van der Waals surface area (Å²) in [6, 6.07) is 16.6. The Labute approximate surface area is 148 Å². The van der Waals surface area contributed by atoms with Gasteiger partial charge in [-0.15, -0.1) is 0 Å². The molecule has 1 saturated heterocycles. The molecule has 2 aromatic rings. The van der Waals surface area contributed by atoms with E-state index in [0.717, 1.165) is 0 Å². The Morgan fingerprint density at radius 1 is 1.12 bits per heavy atom. The highest BCUT2D eigenvalue weighted by Crippen LogP contribution is 2.44. The number of fused-ring (bicyclic) bond motifs is 3. The van der Waals surface area contributed by atoms with Gasteiger partial charge in [0.15, 0.2) is 0 Å². The molecule has 0 radical (unpaired) electrons. The fourth-order valence-electron chi connectivity index (χ4n) is 3.94. The first-order valence-corrected chi connectivity index (χ1v) is 8.75. The standard InChI is InChI=1S/C21H23NO3/c1-21(2)13-22(11-19(21)23)20(24)25-12-18-16-9-5-3-7-14(16)15-8-4-6-10-17(15)18/h3-10,18-19,23H,11-13H2,1-2H3/t19-/m0/s1. The molecule has 0 bridgehead atoms. The van der Waals surface area contributed by atoms with E-state index in [2.05, 4.69) is 24.3 Å². The molecule has 0 saturated carbocycles. The number of aliphatic hydroxyl groups is 1. The average Bonchev–Trinajstić information content (AvgIpc) is 3.07. The van der Waals surface area contributed by atoms with Crippen molar-refractivity contribution in [3.63, 3.8) is 0 Å². The van der Waals surface area contributed by atoms with Gasteiger partial charge in [-0.1, -0.05) is 62.4 Å². The fraction of sp³-hybridized carbons (Fsp3) is 0.381. The van der Waals surface area contributed by atoms with Crippen LogP contribution in [0.5, 0.6) is 0 Å². The topological polar surface area (TPSA) is 49.8 Å². The molecule has 1 heterocycles. The van der Waals surface area contributed by atoms with E-state index in [-0.39, 0.29) is 17.4 Å². The van der Waals surface area contributed by atoms with Crippen molar-refractivity contribution in [3.05, 3.63) is 59.7 Å². The van der Waals surface area contributed by atoms with Crippen LogP contribution in [0.3, 0.4) is 0 Å². The Balaban J connectivity index is 1.51. The number of carbonyl (C=O) groups excluding carboxylic acids is 1. The van der Waals surface area contributed by atoms with Crippen LogP contribution in [0.15, 0.2) is 48.5 Å². The summed E-state index contributed by atoms with van der Waals surface area (Å²) in [5, 5.41) is 10.1. The van der Waals surface area contributed by atoms with Gasteiger partial charge in [0.25, 0.3) is 0 Å². The van der Waals surface area contributed by atoms with Crippen LogP contribution in [0, 0.1) is 5.41 Å². The van der Waals surface area contributed by atoms with E-state index in [1.165, 1.54) is 22.3 Å². The molecule has 2 aromatic carbocycles. The van der Waals surface area contributed by atoms with E-state index in [9.17, 15) is 9.90 Å². The molecular formula is C21H23NO3. The summed E-state index contributed by atoms with van der Waals surface area (Å²) < 4.78 is 5.64. The van der Waals surface area contributed by atoms with Crippen molar-refractivity contribution >= 4 is 6.09 Å². The predicted octanol–water partition coefficient (Wildman–Crippen LogP) is 3.64. The molecule has 0 spiro atoms. The van der Waals surface area contributed by atoms with Crippen LogP contribution < -0.4 is 0 Å². The summed E-state index contributed by atoms with van der Waals surface area (Å²) in [4.78, 5) is 14.1. The van der Waals surface area contributed by atoms with Crippen LogP contribution in [-0.2, 0) is 4.74 Å². The molecule has 0 aromatic heterocycles. The lowest BCUT2D eigenvalue weighted by Gasteiger charge is -2.21. The maximum absolute atomic E-state index is 12.5. The highest BCUT2D eigenvalue weighted by atomic mass is 16.6. The van der Waals surface area contributed by atoms with Gasteiger partial charge in [0.05, 0.1) is 12.6 Å². The summed E-state index contributed by atoms with van der Waals surface area (Å²) in [5.41, 5.74) is 4.57. The molecule has 1 N–H and O–H groups in total. The van der Waals surface area contributed by atoms with Crippen LogP contribution in [0.25, 0.3) is 11.1 Å². The third kappa shape index (κ3) is 2.71. The minimum atomic E-state index is -0.506. The number of aliphatic hydroxyl groups excluding tert-OH is 1. The van der Waals surface area contributed by atoms with E-state index in [0.29, 0.717) is 19.7 Å². The zero-order valence-electron chi connectivity index (χ0n) is 14.6. The quantitative estimate of drug-likeness (QED) is 0.910. The Morgan fingerprint density at radius 2 is 1.68 bits per heavy atom. The highest BCUT2D eigenvalue weighted by Gasteiger charge is 2.41. The second kappa shape index (κ2) is 5.88. The van der Waals surface area contributed by atoms with Crippen molar-refractivity contribution in [2.45, 2.75) is 25.9 Å². The molecule has 0 unspecified atom stereocenters. The van der Waals surface area contributed by atoms with Gasteiger partial charge >= 0.3 is 6.09 Å². The third-order valence-electron chi connectivity index (χ3n) is 5.49. The number of amides is 1. The van der Waals surface area contributed by atoms with Gasteiger partial charge < -0.3 is 14.7 Å². The maximum atomic E-state index is 12.5. The lowest BCUT2D eigenvalue weighted by Crippen LogP contribution is -2.31. The lowest BCUT2D eigenvalue weighted by atomic mass is 9.90. The molecule has 1 aliphatic heterocycles. The fourth-order valence-corrected chi connectivity index (χ4v) is 3.94. The molecule has 25 heavy (non-hydrogen) atoms. The van der Waals surface area contributed by atoms with Crippen LogP contribution in [0.1, 0.15) is 30.9 Å². The van der Waals surface area contributed by atoms with Crippen LogP contribution >= 0.6 is 0 Å². The number of benzene rings is 2. The number of nitrogens with zero attached hydrogens (tertiary/aromatic N) is 1. The number of β-amino-alcohol motifs (C(OH)–C–C–N with tert-alkyl or cyclic N) is 1. The smallest absolute Gasteiger partial charge is 0.409 e. The average molecular weight is 337 g/mol. The number of hydrogen-bond acceptors (Lipinski definition) is 3. The minimum Gasteiger partial charge on any atom is -0.448 e. The van der Waals surface area contributed by atoms with Gasteiger partial charge in [0.2, 0.25) is 0 Å². The Bertz CT molecular complexity index is 769. The van der Waals surface area contributed by atoms with Gasteiger partial charge in [-0.05, 0) is 22.3 Å². The number of likely N-dealkylation sites (tertiary alicyclic amines) is 1. The minimum absolute atomic E-state index is 0.0666. The molecule has 130 valence electrons. The third-order valence-corrected chi connectivity index (χ3v) is 5.49. The summed E-state index contributed by atoms with van der Waals surface area (Å²) >= 11 is 0. The van der Waals surface area contributed by atoms with E-state index in [4.69, 9.17) is 4.74 Å². The summed E-state index contributed by atoms with van der Waals surface area (Å²) in [6.45, 7) is 5.11. The second-order valence-electron chi connectivity index (χ2n) is 7.69. The summed E-state index contributed by atoms with van der Waals surface area (Å²) in [7, 11) is 0. The van der Waals surface area contributed by atoms with Crippen molar-refractivity contribution in [1.82, 2.24) is 4.90 Å². The largest absolute Gasteiger partial charge is 0.448 e. The van der Waals surface area contributed by atoms with Crippen molar-refractivity contribution in [1.29, 1.82) is 0 Å². The number of rotatable bonds is 2. The van der Waals surface area contributed by atoms with Gasteiger partial charge in [-0.2, -0.15) is 0 Å². The van der Waals surface area contributed by atoms with Crippen molar-refractivity contribution < 1.29 is 14.6 Å². The maximum Gasteiger partial charge on any atom is 0.409 e. The highest BCUT2D eigenvalue weighted by molar-refractivity contribution is 5.79. The van der Waals surface area contributed by atoms with Gasteiger partial charge in [-0.3, -0.25) is 0 Å². The van der Waals surface area contributed by atoms with Crippen molar-refractivity contribution in [3.8, 4) is 11.1 Å². The molecule has 1 amide bonds. The van der Waals surface area contributed by atoms with Gasteiger partial charge in [0, 0.05) is 17.9 Å². The van der Waals surface area contributed by atoms with Gasteiger partial charge in [0.1, 0.15) is 6.61 Å². The van der Waals surface area contributed by atoms with Crippen LogP contribution in [-0.4, -0.2) is 41.9 Å². The monoisotopic (exact) mass is 337 g/mol. The molecular weight excluding hydrogens is 314 g/mol. The molecule has 2 aliphatic rings. The van der Waals surface area contributed by atoms with Crippen molar-refractivity contribution in [2.75, 3.05) is 19.7 Å². The zero-order valence-corrected chi connectivity index (χ0v) is 14.6. The SMILES string of the molecule is CC1(C)CN(C(=O)OCC2c3ccccc3-c3ccccc32)C[C@@H]1O. The number of hydrogen-bond donors (Lipinski definition) is 1. The number of carbonyl (C=O) groups is 1. The Hall–Kier alpha value is -2.33. The molecule has 1 aliphatic carbocycles. The first-order chi connectivity index (χ1) is 12.0. The first-order valence-electron chi connectivity index (χ1n) is 8.75. The molecule has 1 fully saturated rings. The van der Waals surface area contributed by atoms with Crippen molar-refractivity contribution in [2.24, 2.45) is 5.41 Å². The molecule has 4 heteroatoms. The Kier molecular flexibility index (Phi) is 3.80. The van der Waals surface area contributed by atoms with Crippen LogP contribution in [0.2, 0.25) is 0 Å². The molecule has 4 rings (SSSR count). The normalized spacial score (nSPS) is 21.1. The molecule has 4 nitrogen and oxygen atoms in total. The van der Waals surface area contributed by atoms with E-state index < -0.39 is 6.10 Å². The van der Waals surface area contributed by atoms with Gasteiger partial charge in [-0.25, -0.2) is 4.79 Å². The summed E-state index contributed by atoms with van der Waals surface area (Å²) in [6.07, 6.45) is -0.848. The number of ether oxygens (including phenoxy) is 1. The first kappa shape index (κ1) is 16.2. The molecule has 1 atom stereocenters. The predicted molar refractivity (Wildman–Crippen MR) is 96.4 cm³/mol. The van der Waals surface area contributed by atoms with E-state index in [1.54, 1.807) is 4.90 Å². The van der Waals surface area contributed by atoms with E-state index >= 15 is 0 Å².